The number of aryl methyl sites for hydroxylation is 1. The topological polar surface area (TPSA) is 83.8 Å². The summed E-state index contributed by atoms with van der Waals surface area (Å²) in [7, 11) is 0. The van der Waals surface area contributed by atoms with Crippen molar-refractivity contribution in [2.24, 2.45) is 0 Å². The number of nitrogens with two attached hydrogens (primary N) is 1. The quantitative estimate of drug-likeness (QED) is 0.657. The molecular formula is C11H16N4O. The van der Waals surface area contributed by atoms with Crippen molar-refractivity contribution in [3.05, 3.63) is 11.3 Å². The van der Waals surface area contributed by atoms with Crippen molar-refractivity contribution in [2.75, 3.05) is 5.73 Å². The van der Waals surface area contributed by atoms with Crippen LogP contribution in [0.1, 0.15) is 35.8 Å². The number of anilines is 1. The van der Waals surface area contributed by atoms with Crippen molar-refractivity contribution in [1.29, 1.82) is 0 Å². The molecule has 1 heterocycles. The number of carbonyl (C=O) groups excluding carboxylic acids is 1. The van der Waals surface area contributed by atoms with Gasteiger partial charge in [0.25, 0.3) is 5.91 Å². The predicted octanol–water partition coefficient (Wildman–Crippen LogP) is 0.832. The van der Waals surface area contributed by atoms with E-state index in [0.29, 0.717) is 17.7 Å². The summed E-state index contributed by atoms with van der Waals surface area (Å²) in [6.45, 7) is 3.72. The number of carbonyl (C=O) groups is 1. The Balaban J connectivity index is 2.76. The Morgan fingerprint density at radius 3 is 2.88 bits per heavy atom. The fraction of sp³-hybridized carbons (Fsp3) is 0.455. The van der Waals surface area contributed by atoms with E-state index in [1.165, 1.54) is 0 Å². The van der Waals surface area contributed by atoms with Crippen LogP contribution < -0.4 is 11.1 Å². The number of aromatic amines is 1. The van der Waals surface area contributed by atoms with E-state index in [1.54, 1.807) is 6.92 Å². The predicted molar refractivity (Wildman–Crippen MR) is 62.7 cm³/mol. The maximum atomic E-state index is 11.9. The van der Waals surface area contributed by atoms with Gasteiger partial charge in [0.1, 0.15) is 5.56 Å². The summed E-state index contributed by atoms with van der Waals surface area (Å²) in [5, 5.41) is 9.26. The lowest BCUT2D eigenvalue weighted by Gasteiger charge is -2.13. The van der Waals surface area contributed by atoms with Gasteiger partial charge in [-0.05, 0) is 13.3 Å². The molecule has 0 aliphatic heterocycles. The first-order valence-electron chi connectivity index (χ1n) is 5.14. The molecule has 0 aliphatic carbocycles. The first-order chi connectivity index (χ1) is 7.60. The second-order valence-corrected chi connectivity index (χ2v) is 3.60. The number of rotatable bonds is 4. The Bertz CT molecular complexity index is 397. The zero-order chi connectivity index (χ0) is 12.1. The minimum absolute atomic E-state index is 0.0220. The second-order valence-electron chi connectivity index (χ2n) is 3.60. The highest BCUT2D eigenvalue weighted by atomic mass is 16.1. The molecule has 1 aromatic heterocycles. The Labute approximate surface area is 94.8 Å². The molecule has 0 radical (unpaired) electrons. The largest absolute Gasteiger partial charge is 0.382 e. The average Bonchev–Trinajstić information content (AvgIpc) is 2.57. The summed E-state index contributed by atoms with van der Waals surface area (Å²) in [5.74, 6) is 2.51. The molecule has 4 N–H and O–H groups in total. The molecule has 0 aromatic carbocycles. The fourth-order valence-corrected chi connectivity index (χ4v) is 1.43. The number of amides is 1. The van der Waals surface area contributed by atoms with Gasteiger partial charge >= 0.3 is 0 Å². The second kappa shape index (κ2) is 5.21. The number of hydrogen-bond donors (Lipinski definition) is 3. The number of terminal acetylenes is 1. The zero-order valence-corrected chi connectivity index (χ0v) is 9.50. The molecular weight excluding hydrogens is 204 g/mol. The molecule has 5 nitrogen and oxygen atoms in total. The summed E-state index contributed by atoms with van der Waals surface area (Å²) >= 11 is 0. The molecule has 0 fully saturated rings. The van der Waals surface area contributed by atoms with E-state index in [1.807, 2.05) is 6.92 Å². The summed E-state index contributed by atoms with van der Waals surface area (Å²) in [4.78, 5) is 11.9. The van der Waals surface area contributed by atoms with E-state index in [-0.39, 0.29) is 17.8 Å². The molecule has 1 amide bonds. The molecule has 16 heavy (non-hydrogen) atoms. The molecule has 0 bridgehead atoms. The minimum Gasteiger partial charge on any atom is -0.382 e. The van der Waals surface area contributed by atoms with Gasteiger partial charge in [0.15, 0.2) is 5.82 Å². The van der Waals surface area contributed by atoms with Crippen LogP contribution in [-0.4, -0.2) is 22.1 Å². The van der Waals surface area contributed by atoms with E-state index >= 15 is 0 Å². The molecule has 0 spiro atoms. The minimum atomic E-state index is -0.231. The molecule has 1 aromatic rings. The van der Waals surface area contributed by atoms with E-state index in [0.717, 1.165) is 6.42 Å². The van der Waals surface area contributed by atoms with Gasteiger partial charge in [0.2, 0.25) is 0 Å². The van der Waals surface area contributed by atoms with Crippen LogP contribution in [0.5, 0.6) is 0 Å². The highest BCUT2D eigenvalue weighted by Gasteiger charge is 2.18. The lowest BCUT2D eigenvalue weighted by Crippen LogP contribution is -2.34. The van der Waals surface area contributed by atoms with Gasteiger partial charge < -0.3 is 11.1 Å². The summed E-state index contributed by atoms with van der Waals surface area (Å²) < 4.78 is 0. The van der Waals surface area contributed by atoms with Crippen molar-refractivity contribution >= 4 is 11.7 Å². The molecule has 0 saturated carbocycles. The van der Waals surface area contributed by atoms with Crippen LogP contribution in [0.2, 0.25) is 0 Å². The standard InChI is InChI=1S/C11H16N4O/c1-4-6-8(5-2)13-11(16)9-7(3)14-15-10(9)12/h1,8H,5-6H2,2-3H3,(H,13,16)(H3,12,14,15). The SMILES string of the molecule is C#CCC(CC)NC(=O)c1c(N)n[nH]c1C. The van der Waals surface area contributed by atoms with Crippen LogP contribution in [-0.2, 0) is 0 Å². The van der Waals surface area contributed by atoms with Gasteiger partial charge in [-0.2, -0.15) is 5.10 Å². The number of hydrogen-bond acceptors (Lipinski definition) is 3. The smallest absolute Gasteiger partial charge is 0.257 e. The van der Waals surface area contributed by atoms with Gasteiger partial charge in [0.05, 0.1) is 0 Å². The third-order valence-corrected chi connectivity index (χ3v) is 2.39. The van der Waals surface area contributed by atoms with Gasteiger partial charge in [-0.25, -0.2) is 0 Å². The van der Waals surface area contributed by atoms with Gasteiger partial charge in [0, 0.05) is 18.2 Å². The molecule has 0 saturated heterocycles. The maximum Gasteiger partial charge on any atom is 0.257 e. The maximum absolute atomic E-state index is 11.9. The van der Waals surface area contributed by atoms with Gasteiger partial charge in [-0.15, -0.1) is 12.3 Å². The number of nitrogens with one attached hydrogen (secondary N) is 2. The number of H-pyrrole nitrogens is 1. The Hall–Kier alpha value is -1.96. The van der Waals surface area contributed by atoms with Crippen molar-refractivity contribution in [3.63, 3.8) is 0 Å². The van der Waals surface area contributed by atoms with Crippen LogP contribution in [0.3, 0.4) is 0 Å². The highest BCUT2D eigenvalue weighted by molar-refractivity contribution is 5.99. The van der Waals surface area contributed by atoms with Crippen molar-refractivity contribution < 1.29 is 4.79 Å². The van der Waals surface area contributed by atoms with Crippen LogP contribution >= 0.6 is 0 Å². The van der Waals surface area contributed by atoms with E-state index in [2.05, 4.69) is 21.4 Å². The summed E-state index contributed by atoms with van der Waals surface area (Å²) in [6, 6.07) is -0.0220. The number of nitrogen functional groups attached to an aromatic ring is 1. The molecule has 86 valence electrons. The molecule has 1 atom stereocenters. The van der Waals surface area contributed by atoms with Crippen LogP contribution in [0.4, 0.5) is 5.82 Å². The van der Waals surface area contributed by atoms with Crippen LogP contribution in [0, 0.1) is 19.3 Å². The van der Waals surface area contributed by atoms with E-state index in [9.17, 15) is 4.79 Å². The number of aromatic nitrogens is 2. The molecule has 0 aliphatic rings. The zero-order valence-electron chi connectivity index (χ0n) is 9.50. The Morgan fingerprint density at radius 2 is 2.44 bits per heavy atom. The normalized spacial score (nSPS) is 11.8. The lowest BCUT2D eigenvalue weighted by molar-refractivity contribution is 0.0937. The average molecular weight is 220 g/mol. The molecule has 5 heteroatoms. The van der Waals surface area contributed by atoms with Crippen molar-refractivity contribution in [1.82, 2.24) is 15.5 Å². The molecule has 1 rings (SSSR count). The first kappa shape index (κ1) is 12.1. The highest BCUT2D eigenvalue weighted by Crippen LogP contribution is 2.12. The Morgan fingerprint density at radius 1 is 1.75 bits per heavy atom. The van der Waals surface area contributed by atoms with E-state index in [4.69, 9.17) is 12.2 Å². The monoisotopic (exact) mass is 220 g/mol. The number of nitrogens with zero attached hydrogens (tertiary/aromatic N) is 1. The third-order valence-electron chi connectivity index (χ3n) is 2.39. The first-order valence-corrected chi connectivity index (χ1v) is 5.14. The lowest BCUT2D eigenvalue weighted by atomic mass is 10.1. The van der Waals surface area contributed by atoms with Crippen molar-refractivity contribution in [2.45, 2.75) is 32.7 Å². The fourth-order valence-electron chi connectivity index (χ4n) is 1.43. The van der Waals surface area contributed by atoms with Crippen molar-refractivity contribution in [3.8, 4) is 12.3 Å². The van der Waals surface area contributed by atoms with Crippen LogP contribution in [0.15, 0.2) is 0 Å². The third kappa shape index (κ3) is 2.54. The van der Waals surface area contributed by atoms with E-state index < -0.39 is 0 Å². The molecule has 1 unspecified atom stereocenters. The van der Waals surface area contributed by atoms with Gasteiger partial charge in [-0.1, -0.05) is 6.92 Å². The summed E-state index contributed by atoms with van der Waals surface area (Å²) in [5.41, 5.74) is 6.65. The van der Waals surface area contributed by atoms with Gasteiger partial charge in [-0.3, -0.25) is 9.89 Å². The summed E-state index contributed by atoms with van der Waals surface area (Å²) in [6.07, 6.45) is 6.51. The van der Waals surface area contributed by atoms with Crippen LogP contribution in [0.25, 0.3) is 0 Å². The Kier molecular flexibility index (Phi) is 3.95.